The zero-order valence-corrected chi connectivity index (χ0v) is 13.2. The van der Waals surface area contributed by atoms with E-state index in [9.17, 15) is 4.39 Å². The van der Waals surface area contributed by atoms with E-state index >= 15 is 0 Å². The van der Waals surface area contributed by atoms with E-state index in [1.807, 2.05) is 30.3 Å². The van der Waals surface area contributed by atoms with Crippen LogP contribution in [0.2, 0.25) is 0 Å². The normalized spacial score (nSPS) is 12.6. The smallest absolute Gasteiger partial charge is 0.126 e. The summed E-state index contributed by atoms with van der Waals surface area (Å²) in [4.78, 5) is 0. The minimum atomic E-state index is -0.326. The van der Waals surface area contributed by atoms with Crippen molar-refractivity contribution in [1.29, 1.82) is 0 Å². The number of hydrogen-bond acceptors (Lipinski definition) is 1. The highest BCUT2D eigenvalue weighted by Crippen LogP contribution is 2.26. The van der Waals surface area contributed by atoms with Gasteiger partial charge in [0.2, 0.25) is 0 Å². The number of rotatable bonds is 2. The van der Waals surface area contributed by atoms with E-state index in [0.29, 0.717) is 5.56 Å². The number of halogens is 2. The van der Waals surface area contributed by atoms with Crippen molar-refractivity contribution in [3.05, 3.63) is 81.6 Å². The van der Waals surface area contributed by atoms with Crippen molar-refractivity contribution in [2.45, 2.75) is 13.0 Å². The van der Waals surface area contributed by atoms with Gasteiger partial charge in [0.05, 0.1) is 6.04 Å². The standard InChI is InChI=1S/C18H15BrFN/c1-11-2-3-15(10-17(11)20)18(21)14-5-4-13-9-16(19)7-6-12(13)8-14/h2-10,18H,21H2,1H3. The summed E-state index contributed by atoms with van der Waals surface area (Å²) in [5.74, 6) is -0.215. The lowest BCUT2D eigenvalue weighted by atomic mass is 9.96. The number of nitrogens with two attached hydrogens (primary N) is 1. The highest BCUT2D eigenvalue weighted by Gasteiger charge is 2.11. The first kappa shape index (κ1) is 14.2. The molecule has 0 radical (unpaired) electrons. The highest BCUT2D eigenvalue weighted by atomic mass is 79.9. The summed E-state index contributed by atoms with van der Waals surface area (Å²) < 4.78 is 14.7. The second-order valence-corrected chi connectivity index (χ2v) is 6.15. The second kappa shape index (κ2) is 5.58. The zero-order valence-electron chi connectivity index (χ0n) is 11.6. The molecular formula is C18H15BrFN. The lowest BCUT2D eigenvalue weighted by molar-refractivity contribution is 0.614. The molecule has 0 fully saturated rings. The van der Waals surface area contributed by atoms with Gasteiger partial charge in [0, 0.05) is 4.47 Å². The van der Waals surface area contributed by atoms with Crippen LogP contribution in [0.25, 0.3) is 10.8 Å². The van der Waals surface area contributed by atoms with Gasteiger partial charge in [-0.25, -0.2) is 4.39 Å². The van der Waals surface area contributed by atoms with Gasteiger partial charge < -0.3 is 5.73 Å². The van der Waals surface area contributed by atoms with E-state index in [0.717, 1.165) is 26.4 Å². The van der Waals surface area contributed by atoms with Crippen molar-refractivity contribution in [2.24, 2.45) is 5.73 Å². The van der Waals surface area contributed by atoms with Gasteiger partial charge in [-0.15, -0.1) is 0 Å². The molecule has 0 heterocycles. The van der Waals surface area contributed by atoms with Crippen molar-refractivity contribution in [2.75, 3.05) is 0 Å². The monoisotopic (exact) mass is 343 g/mol. The Labute approximate surface area is 131 Å². The molecule has 0 aromatic heterocycles. The fraction of sp³-hybridized carbons (Fsp3) is 0.111. The minimum absolute atomic E-state index is 0.215. The summed E-state index contributed by atoms with van der Waals surface area (Å²) in [6.45, 7) is 1.75. The van der Waals surface area contributed by atoms with E-state index < -0.39 is 0 Å². The molecule has 3 aromatic carbocycles. The van der Waals surface area contributed by atoms with Crippen LogP contribution in [0.1, 0.15) is 22.7 Å². The van der Waals surface area contributed by atoms with Crippen LogP contribution in [-0.2, 0) is 0 Å². The summed E-state index contributed by atoms with van der Waals surface area (Å²) in [5, 5.41) is 2.27. The van der Waals surface area contributed by atoms with Gasteiger partial charge in [-0.2, -0.15) is 0 Å². The fourth-order valence-corrected chi connectivity index (χ4v) is 2.80. The van der Waals surface area contributed by atoms with Crippen LogP contribution in [0.5, 0.6) is 0 Å². The molecule has 3 heteroatoms. The van der Waals surface area contributed by atoms with Gasteiger partial charge in [-0.3, -0.25) is 0 Å². The molecular weight excluding hydrogens is 329 g/mol. The van der Waals surface area contributed by atoms with Crippen molar-refractivity contribution in [1.82, 2.24) is 0 Å². The molecule has 0 spiro atoms. The number of fused-ring (bicyclic) bond motifs is 1. The van der Waals surface area contributed by atoms with Crippen molar-refractivity contribution in [3.8, 4) is 0 Å². The maximum Gasteiger partial charge on any atom is 0.126 e. The summed E-state index contributed by atoms with van der Waals surface area (Å²) in [6.07, 6.45) is 0. The third-order valence-corrected chi connectivity index (χ3v) is 4.23. The Morgan fingerprint density at radius 2 is 1.52 bits per heavy atom. The van der Waals surface area contributed by atoms with Crippen LogP contribution < -0.4 is 5.73 Å². The predicted molar refractivity (Wildman–Crippen MR) is 88.8 cm³/mol. The topological polar surface area (TPSA) is 26.0 Å². The average Bonchev–Trinajstić information content (AvgIpc) is 2.49. The lowest BCUT2D eigenvalue weighted by Gasteiger charge is -2.14. The third-order valence-electron chi connectivity index (χ3n) is 3.74. The Kier molecular flexibility index (Phi) is 3.79. The van der Waals surface area contributed by atoms with Crippen LogP contribution in [-0.4, -0.2) is 0 Å². The van der Waals surface area contributed by atoms with Gasteiger partial charge in [0.1, 0.15) is 5.82 Å². The molecule has 1 nitrogen and oxygen atoms in total. The second-order valence-electron chi connectivity index (χ2n) is 5.24. The maximum atomic E-state index is 13.7. The van der Waals surface area contributed by atoms with Crippen molar-refractivity contribution < 1.29 is 4.39 Å². The molecule has 0 bridgehead atoms. The Morgan fingerprint density at radius 1 is 0.905 bits per heavy atom. The largest absolute Gasteiger partial charge is 0.320 e. The quantitative estimate of drug-likeness (QED) is 0.688. The SMILES string of the molecule is Cc1ccc(C(N)c2ccc3cc(Br)ccc3c2)cc1F. The minimum Gasteiger partial charge on any atom is -0.320 e. The van der Waals surface area contributed by atoms with Gasteiger partial charge >= 0.3 is 0 Å². The van der Waals surface area contributed by atoms with Crippen LogP contribution >= 0.6 is 15.9 Å². The molecule has 1 atom stereocenters. The number of aryl methyl sites for hydroxylation is 1. The van der Waals surface area contributed by atoms with Crippen LogP contribution in [0.15, 0.2) is 59.1 Å². The van der Waals surface area contributed by atoms with Crippen molar-refractivity contribution in [3.63, 3.8) is 0 Å². The first-order chi connectivity index (χ1) is 10.0. The Balaban J connectivity index is 2.02. The van der Waals surface area contributed by atoms with Crippen LogP contribution in [0.3, 0.4) is 0 Å². The number of hydrogen-bond donors (Lipinski definition) is 1. The summed E-state index contributed by atoms with van der Waals surface area (Å²) in [5.41, 5.74) is 8.68. The molecule has 0 saturated carbocycles. The van der Waals surface area contributed by atoms with E-state index in [4.69, 9.17) is 5.73 Å². The predicted octanol–water partition coefficient (Wildman–Crippen LogP) is 5.10. The molecule has 0 aliphatic heterocycles. The molecule has 3 rings (SSSR count). The first-order valence-corrected chi connectivity index (χ1v) is 7.55. The summed E-state index contributed by atoms with van der Waals surface area (Å²) >= 11 is 3.46. The summed E-state index contributed by atoms with van der Waals surface area (Å²) in [6, 6.07) is 17.1. The molecule has 0 amide bonds. The third kappa shape index (κ3) is 2.85. The Bertz CT molecular complexity index is 813. The van der Waals surface area contributed by atoms with Gasteiger partial charge in [-0.1, -0.05) is 46.3 Å². The fourth-order valence-electron chi connectivity index (χ4n) is 2.42. The van der Waals surface area contributed by atoms with Crippen LogP contribution in [0, 0.1) is 12.7 Å². The molecule has 0 aliphatic rings. The van der Waals surface area contributed by atoms with E-state index in [1.54, 1.807) is 13.0 Å². The van der Waals surface area contributed by atoms with Crippen molar-refractivity contribution >= 4 is 26.7 Å². The molecule has 0 aliphatic carbocycles. The van der Waals surface area contributed by atoms with Gasteiger partial charge in [0.15, 0.2) is 0 Å². The molecule has 1 unspecified atom stereocenters. The summed E-state index contributed by atoms with van der Waals surface area (Å²) in [7, 11) is 0. The van der Waals surface area contributed by atoms with E-state index in [-0.39, 0.29) is 11.9 Å². The molecule has 21 heavy (non-hydrogen) atoms. The number of benzene rings is 3. The molecule has 106 valence electrons. The highest BCUT2D eigenvalue weighted by molar-refractivity contribution is 9.10. The van der Waals surface area contributed by atoms with E-state index in [2.05, 4.69) is 28.1 Å². The Morgan fingerprint density at radius 3 is 2.29 bits per heavy atom. The van der Waals surface area contributed by atoms with Gasteiger partial charge in [0.25, 0.3) is 0 Å². The van der Waals surface area contributed by atoms with Crippen LogP contribution in [0.4, 0.5) is 4.39 Å². The lowest BCUT2D eigenvalue weighted by Crippen LogP contribution is -2.12. The molecule has 3 aromatic rings. The Hall–Kier alpha value is -1.71. The maximum absolute atomic E-state index is 13.7. The average molecular weight is 344 g/mol. The van der Waals surface area contributed by atoms with E-state index in [1.165, 1.54) is 6.07 Å². The zero-order chi connectivity index (χ0) is 15.0. The van der Waals surface area contributed by atoms with Gasteiger partial charge in [-0.05, 0) is 58.7 Å². The molecule has 0 saturated heterocycles. The molecule has 2 N–H and O–H groups in total. The first-order valence-electron chi connectivity index (χ1n) is 6.75.